The summed E-state index contributed by atoms with van der Waals surface area (Å²) in [5, 5.41) is 18.0. The number of aliphatic hydroxyl groups is 1. The van der Waals surface area contributed by atoms with Crippen molar-refractivity contribution in [2.24, 2.45) is 0 Å². The van der Waals surface area contributed by atoms with Gasteiger partial charge in [-0.25, -0.2) is 0 Å². The van der Waals surface area contributed by atoms with Crippen LogP contribution in [0.2, 0.25) is 0 Å². The molecule has 0 saturated heterocycles. The lowest BCUT2D eigenvalue weighted by Crippen LogP contribution is -2.24. The van der Waals surface area contributed by atoms with Gasteiger partial charge in [-0.2, -0.15) is 5.10 Å². The van der Waals surface area contributed by atoms with Crippen molar-refractivity contribution < 1.29 is 9.84 Å². The number of nitrogens with zero attached hydrogens (tertiary/aromatic N) is 2. The molecule has 0 bridgehead atoms. The van der Waals surface area contributed by atoms with Crippen molar-refractivity contribution >= 4 is 0 Å². The summed E-state index contributed by atoms with van der Waals surface area (Å²) in [6, 6.07) is 7.99. The topological polar surface area (TPSA) is 59.3 Å². The SMILES string of the molecule is COc1cccc([C@@H](O)CN[C@H](C)c2cnn(C(C)C)c2)c1. The molecular formula is C17H25N3O2. The lowest BCUT2D eigenvalue weighted by Gasteiger charge is -2.17. The summed E-state index contributed by atoms with van der Waals surface area (Å²) in [5.74, 6) is 0.753. The van der Waals surface area contributed by atoms with Gasteiger partial charge in [0.15, 0.2) is 0 Å². The molecule has 0 radical (unpaired) electrons. The van der Waals surface area contributed by atoms with Gasteiger partial charge >= 0.3 is 0 Å². The molecule has 2 aromatic rings. The summed E-state index contributed by atoms with van der Waals surface area (Å²) in [7, 11) is 1.62. The molecule has 0 aliphatic carbocycles. The van der Waals surface area contributed by atoms with E-state index < -0.39 is 6.10 Å². The second-order valence-corrected chi connectivity index (χ2v) is 5.77. The molecule has 1 heterocycles. The third-order valence-electron chi connectivity index (χ3n) is 3.75. The Labute approximate surface area is 131 Å². The molecule has 5 nitrogen and oxygen atoms in total. The molecule has 2 N–H and O–H groups in total. The molecule has 2 rings (SSSR count). The van der Waals surface area contributed by atoms with Crippen molar-refractivity contribution in [2.75, 3.05) is 13.7 Å². The zero-order valence-corrected chi connectivity index (χ0v) is 13.7. The first kappa shape index (κ1) is 16.5. The minimum absolute atomic E-state index is 0.132. The first-order chi connectivity index (χ1) is 10.5. The van der Waals surface area contributed by atoms with Crippen molar-refractivity contribution in [3.63, 3.8) is 0 Å². The normalized spacial score (nSPS) is 14.1. The van der Waals surface area contributed by atoms with Crippen LogP contribution in [0.5, 0.6) is 5.75 Å². The van der Waals surface area contributed by atoms with E-state index in [1.165, 1.54) is 0 Å². The maximum Gasteiger partial charge on any atom is 0.119 e. The second-order valence-electron chi connectivity index (χ2n) is 5.77. The minimum atomic E-state index is -0.572. The Bertz CT molecular complexity index is 595. The van der Waals surface area contributed by atoms with Gasteiger partial charge in [0, 0.05) is 30.4 Å². The molecule has 1 aromatic carbocycles. The zero-order chi connectivity index (χ0) is 16.1. The van der Waals surface area contributed by atoms with E-state index in [1.54, 1.807) is 7.11 Å². The fraction of sp³-hybridized carbons (Fsp3) is 0.471. The van der Waals surface area contributed by atoms with E-state index in [0.29, 0.717) is 12.6 Å². The highest BCUT2D eigenvalue weighted by atomic mass is 16.5. The summed E-state index contributed by atoms with van der Waals surface area (Å²) in [4.78, 5) is 0. The Kier molecular flexibility index (Phi) is 5.57. The average Bonchev–Trinajstić information content (AvgIpc) is 3.02. The van der Waals surface area contributed by atoms with Gasteiger partial charge in [0.25, 0.3) is 0 Å². The molecule has 0 amide bonds. The van der Waals surface area contributed by atoms with Gasteiger partial charge in [-0.15, -0.1) is 0 Å². The molecule has 22 heavy (non-hydrogen) atoms. The molecule has 0 aliphatic rings. The Morgan fingerprint density at radius 3 is 2.68 bits per heavy atom. The van der Waals surface area contributed by atoms with Gasteiger partial charge < -0.3 is 15.2 Å². The van der Waals surface area contributed by atoms with Crippen LogP contribution in [0.4, 0.5) is 0 Å². The minimum Gasteiger partial charge on any atom is -0.497 e. The number of benzene rings is 1. The van der Waals surface area contributed by atoms with Gasteiger partial charge in [-0.1, -0.05) is 12.1 Å². The molecule has 0 spiro atoms. The summed E-state index contributed by atoms with van der Waals surface area (Å²) in [6.07, 6.45) is 3.34. The highest BCUT2D eigenvalue weighted by Crippen LogP contribution is 2.20. The van der Waals surface area contributed by atoms with Crippen molar-refractivity contribution in [1.29, 1.82) is 0 Å². The van der Waals surface area contributed by atoms with Gasteiger partial charge in [0.05, 0.1) is 19.4 Å². The highest BCUT2D eigenvalue weighted by molar-refractivity contribution is 5.30. The van der Waals surface area contributed by atoms with Crippen LogP contribution >= 0.6 is 0 Å². The van der Waals surface area contributed by atoms with Crippen LogP contribution < -0.4 is 10.1 Å². The van der Waals surface area contributed by atoms with Crippen molar-refractivity contribution in [3.8, 4) is 5.75 Å². The van der Waals surface area contributed by atoms with E-state index in [0.717, 1.165) is 16.9 Å². The van der Waals surface area contributed by atoms with E-state index in [1.807, 2.05) is 41.3 Å². The first-order valence-corrected chi connectivity index (χ1v) is 7.60. The van der Waals surface area contributed by atoms with E-state index in [9.17, 15) is 5.11 Å². The van der Waals surface area contributed by atoms with Crippen LogP contribution in [0, 0.1) is 0 Å². The number of nitrogens with one attached hydrogen (secondary N) is 1. The van der Waals surface area contributed by atoms with E-state index >= 15 is 0 Å². The number of aliphatic hydroxyl groups excluding tert-OH is 1. The fourth-order valence-electron chi connectivity index (χ4n) is 2.23. The molecule has 0 fully saturated rings. The summed E-state index contributed by atoms with van der Waals surface area (Å²) in [6.45, 7) is 6.74. The molecule has 0 saturated carbocycles. The number of hydrogen-bond acceptors (Lipinski definition) is 4. The number of rotatable bonds is 7. The van der Waals surface area contributed by atoms with Crippen LogP contribution in [0.15, 0.2) is 36.7 Å². The summed E-state index contributed by atoms with van der Waals surface area (Å²) >= 11 is 0. The van der Waals surface area contributed by atoms with Crippen LogP contribution in [-0.4, -0.2) is 28.5 Å². The number of ether oxygens (including phenoxy) is 1. The van der Waals surface area contributed by atoms with Gasteiger partial charge in [0.2, 0.25) is 0 Å². The average molecular weight is 303 g/mol. The number of hydrogen-bond donors (Lipinski definition) is 2. The lowest BCUT2D eigenvalue weighted by atomic mass is 10.1. The predicted octanol–water partition coefficient (Wildman–Crippen LogP) is 2.86. The largest absolute Gasteiger partial charge is 0.497 e. The maximum absolute atomic E-state index is 10.3. The van der Waals surface area contributed by atoms with Crippen LogP contribution in [0.3, 0.4) is 0 Å². The summed E-state index contributed by atoms with van der Waals surface area (Å²) < 4.78 is 7.12. The van der Waals surface area contributed by atoms with E-state index in [4.69, 9.17) is 4.74 Å². The van der Waals surface area contributed by atoms with Crippen LogP contribution in [0.1, 0.15) is 50.1 Å². The van der Waals surface area contributed by atoms with Gasteiger partial charge in [-0.05, 0) is 38.5 Å². The number of methoxy groups -OCH3 is 1. The number of aromatic nitrogens is 2. The van der Waals surface area contributed by atoms with Gasteiger partial charge in [0.1, 0.15) is 5.75 Å². The Morgan fingerprint density at radius 1 is 1.27 bits per heavy atom. The smallest absolute Gasteiger partial charge is 0.119 e. The van der Waals surface area contributed by atoms with Gasteiger partial charge in [-0.3, -0.25) is 4.68 Å². The predicted molar refractivity (Wildman–Crippen MR) is 87.0 cm³/mol. The summed E-state index contributed by atoms with van der Waals surface area (Å²) in [5.41, 5.74) is 1.96. The Morgan fingerprint density at radius 2 is 2.05 bits per heavy atom. The third kappa shape index (κ3) is 4.08. The van der Waals surface area contributed by atoms with E-state index in [-0.39, 0.29) is 6.04 Å². The van der Waals surface area contributed by atoms with Crippen molar-refractivity contribution in [3.05, 3.63) is 47.8 Å². The second kappa shape index (κ2) is 7.42. The van der Waals surface area contributed by atoms with Crippen molar-refractivity contribution in [2.45, 2.75) is 39.0 Å². The van der Waals surface area contributed by atoms with Crippen molar-refractivity contribution in [1.82, 2.24) is 15.1 Å². The quantitative estimate of drug-likeness (QED) is 0.826. The van der Waals surface area contributed by atoms with E-state index in [2.05, 4.69) is 31.2 Å². The molecule has 5 heteroatoms. The van der Waals surface area contributed by atoms with Crippen LogP contribution in [0.25, 0.3) is 0 Å². The molecule has 2 atom stereocenters. The molecule has 0 unspecified atom stereocenters. The zero-order valence-electron chi connectivity index (χ0n) is 13.7. The molecule has 0 aliphatic heterocycles. The molecular weight excluding hydrogens is 278 g/mol. The Balaban J connectivity index is 1.93. The van der Waals surface area contributed by atoms with Crippen LogP contribution in [-0.2, 0) is 0 Å². The lowest BCUT2D eigenvalue weighted by molar-refractivity contribution is 0.170. The fourth-order valence-corrected chi connectivity index (χ4v) is 2.23. The Hall–Kier alpha value is -1.85. The third-order valence-corrected chi connectivity index (χ3v) is 3.75. The highest BCUT2D eigenvalue weighted by Gasteiger charge is 2.13. The molecule has 120 valence electrons. The standard InChI is InChI=1S/C17H25N3O2/c1-12(2)20-11-15(9-19-20)13(3)18-10-17(21)14-6-5-7-16(8-14)22-4/h5-9,11-13,17-18,21H,10H2,1-4H3/t13-,17+/m1/s1. The first-order valence-electron chi connectivity index (χ1n) is 7.60. The maximum atomic E-state index is 10.3. The molecule has 1 aromatic heterocycles. The monoisotopic (exact) mass is 303 g/mol.